The number of pyridine rings is 1. The van der Waals surface area contributed by atoms with E-state index >= 15 is 0 Å². The molecular weight excluding hydrogens is 606 g/mol. The Morgan fingerprint density at radius 3 is 2.61 bits per heavy atom. The van der Waals surface area contributed by atoms with Gasteiger partial charge in [-0.2, -0.15) is 5.26 Å². The summed E-state index contributed by atoms with van der Waals surface area (Å²) in [5.41, 5.74) is 10.0. The molecule has 2 aromatic carbocycles. The van der Waals surface area contributed by atoms with Gasteiger partial charge in [-0.1, -0.05) is 34.8 Å². The van der Waals surface area contributed by atoms with Crippen molar-refractivity contribution < 1.29 is 4.39 Å². The van der Waals surface area contributed by atoms with Crippen LogP contribution < -0.4 is 26.9 Å². The van der Waals surface area contributed by atoms with Crippen molar-refractivity contribution in [3.63, 3.8) is 0 Å². The van der Waals surface area contributed by atoms with Crippen LogP contribution in [0, 0.1) is 17.1 Å². The minimum atomic E-state index is -0.534. The molecule has 2 aliphatic rings. The van der Waals surface area contributed by atoms with Crippen LogP contribution in [0.2, 0.25) is 15.1 Å². The molecule has 2 aliphatic heterocycles. The lowest BCUT2D eigenvalue weighted by Gasteiger charge is -2.30. The molecule has 6 rings (SSSR count). The summed E-state index contributed by atoms with van der Waals surface area (Å²) < 4.78 is 13.8. The van der Waals surface area contributed by atoms with Gasteiger partial charge in [-0.25, -0.2) is 4.39 Å². The average Bonchev–Trinajstić information content (AvgIpc) is 3.64. The summed E-state index contributed by atoms with van der Waals surface area (Å²) in [7, 11) is 0. The molecule has 1 saturated heterocycles. The number of nitrogens with zero attached hydrogens (tertiary/aromatic N) is 3. The van der Waals surface area contributed by atoms with E-state index in [4.69, 9.17) is 34.8 Å². The van der Waals surface area contributed by atoms with Crippen LogP contribution in [0.25, 0.3) is 10.9 Å². The molecule has 4 heterocycles. The molecule has 210 valence electrons. The number of halogens is 4. The first-order chi connectivity index (χ1) is 19.9. The Kier molecular flexibility index (Phi) is 8.08. The van der Waals surface area contributed by atoms with Crippen LogP contribution in [-0.2, 0) is 0 Å². The number of thiophene rings is 1. The Labute approximate surface area is 255 Å². The van der Waals surface area contributed by atoms with E-state index in [2.05, 4.69) is 49.2 Å². The van der Waals surface area contributed by atoms with Crippen molar-refractivity contribution in [2.45, 2.75) is 24.9 Å². The second kappa shape index (κ2) is 11.9. The highest BCUT2D eigenvalue weighted by Gasteiger charge is 2.29. The predicted molar refractivity (Wildman–Crippen MR) is 164 cm³/mol. The molecule has 0 saturated carbocycles. The van der Waals surface area contributed by atoms with Crippen LogP contribution in [0.5, 0.6) is 0 Å². The molecule has 0 unspecified atom stereocenters. The molecule has 5 N–H and O–H groups in total. The first-order valence-electron chi connectivity index (χ1n) is 12.9. The van der Waals surface area contributed by atoms with Gasteiger partial charge in [0.2, 0.25) is 0 Å². The molecule has 1 atom stereocenters. The number of hydrogen-bond acceptors (Lipinski definition) is 9. The highest BCUT2D eigenvalue weighted by molar-refractivity contribution is 7.10. The molecule has 8 nitrogen and oxygen atoms in total. The number of nitrogens with one attached hydrogen (secondary N) is 5. The summed E-state index contributed by atoms with van der Waals surface area (Å²) in [5, 5.41) is 25.7. The van der Waals surface area contributed by atoms with Gasteiger partial charge in [-0.05, 0) is 67.7 Å². The fourth-order valence-corrected chi connectivity index (χ4v) is 6.70. The van der Waals surface area contributed by atoms with Crippen molar-refractivity contribution in [3.8, 4) is 6.07 Å². The van der Waals surface area contributed by atoms with Crippen molar-refractivity contribution in [3.05, 3.63) is 91.2 Å². The quantitative estimate of drug-likeness (QED) is 0.148. The Bertz CT molecular complexity index is 1680. The van der Waals surface area contributed by atoms with Gasteiger partial charge in [0.1, 0.15) is 17.9 Å². The minimum absolute atomic E-state index is 0.0348. The van der Waals surface area contributed by atoms with Gasteiger partial charge >= 0.3 is 0 Å². The zero-order valence-corrected chi connectivity index (χ0v) is 24.5. The fourth-order valence-electron chi connectivity index (χ4n) is 5.01. The summed E-state index contributed by atoms with van der Waals surface area (Å²) in [6.45, 7) is 1.94. The fraction of sp³-hybridized carbons (Fsp3) is 0.214. The van der Waals surface area contributed by atoms with E-state index in [1.165, 1.54) is 18.3 Å². The van der Waals surface area contributed by atoms with E-state index < -0.39 is 5.82 Å². The summed E-state index contributed by atoms with van der Waals surface area (Å²) in [6.07, 6.45) is 5.59. The van der Waals surface area contributed by atoms with E-state index in [1.54, 1.807) is 23.5 Å². The molecular formula is C28H24Cl3FN8S. The zero-order valence-electron chi connectivity index (χ0n) is 21.4. The Morgan fingerprint density at radius 2 is 1.88 bits per heavy atom. The van der Waals surface area contributed by atoms with Gasteiger partial charge in [-0.3, -0.25) is 9.99 Å². The first-order valence-corrected chi connectivity index (χ1v) is 14.9. The largest absolute Gasteiger partial charge is 0.372 e. The Hall–Kier alpha value is -3.30. The third-order valence-corrected chi connectivity index (χ3v) is 9.07. The molecule has 41 heavy (non-hydrogen) atoms. The number of rotatable bonds is 7. The maximum atomic E-state index is 13.8. The standard InChI is InChI=1S/C28H24Cl3FN8S/c29-20-5-8-41-28(20)27(24-14-40(39-38-24)18-3-6-34-7-4-18)37-17-9-19-25(36-16-1-2-23(32)21(30)10-16)15(12-33)13-35-26(19)22(31)11-17/h1-2,5,8-11,13-14,18,27,34,37-39H,3-4,6-7H2,(H,35,36)/t27-/m1/s1. The summed E-state index contributed by atoms with van der Waals surface area (Å²) in [6, 6.07) is 12.0. The lowest BCUT2D eigenvalue weighted by atomic mass is 10.1. The normalized spacial score (nSPS) is 16.3. The van der Waals surface area contributed by atoms with Crippen molar-refractivity contribution in [1.82, 2.24) is 26.3 Å². The van der Waals surface area contributed by atoms with Gasteiger partial charge < -0.3 is 21.4 Å². The van der Waals surface area contributed by atoms with Gasteiger partial charge in [0.25, 0.3) is 0 Å². The lowest BCUT2D eigenvalue weighted by molar-refractivity contribution is 0.162. The summed E-state index contributed by atoms with van der Waals surface area (Å²) in [5.74, 6) is -0.534. The second-order valence-electron chi connectivity index (χ2n) is 9.69. The number of piperidine rings is 1. The number of hydrazine groups is 2. The van der Waals surface area contributed by atoms with E-state index in [9.17, 15) is 9.65 Å². The van der Waals surface area contributed by atoms with E-state index in [0.29, 0.717) is 49.6 Å². The van der Waals surface area contributed by atoms with Gasteiger partial charge in [-0.15, -0.1) is 16.9 Å². The summed E-state index contributed by atoms with van der Waals surface area (Å²) in [4.78, 5) is 5.37. The van der Waals surface area contributed by atoms with Crippen LogP contribution in [-0.4, -0.2) is 29.1 Å². The van der Waals surface area contributed by atoms with E-state index in [-0.39, 0.29) is 11.1 Å². The molecule has 4 aromatic rings. The van der Waals surface area contributed by atoms with Crippen molar-refractivity contribution in [2.75, 3.05) is 23.7 Å². The maximum absolute atomic E-state index is 13.8. The summed E-state index contributed by atoms with van der Waals surface area (Å²) >= 11 is 20.9. The van der Waals surface area contributed by atoms with Gasteiger partial charge in [0.05, 0.1) is 42.4 Å². The lowest BCUT2D eigenvalue weighted by Crippen LogP contribution is -2.47. The Balaban J connectivity index is 1.39. The number of anilines is 3. The molecule has 0 radical (unpaired) electrons. The van der Waals surface area contributed by atoms with Crippen LogP contribution in [0.1, 0.15) is 29.3 Å². The maximum Gasteiger partial charge on any atom is 0.141 e. The van der Waals surface area contributed by atoms with Gasteiger partial charge in [0.15, 0.2) is 0 Å². The number of nitriles is 1. The smallest absolute Gasteiger partial charge is 0.141 e. The van der Waals surface area contributed by atoms with Crippen molar-refractivity contribution in [2.24, 2.45) is 0 Å². The SMILES string of the molecule is N#Cc1cnc2c(Cl)cc(N[C@H](C3=CN(C4CCNCC4)NN3)c3sccc3Cl)cc2c1Nc1ccc(F)c(Cl)c1. The third-order valence-electron chi connectivity index (χ3n) is 7.07. The van der Waals surface area contributed by atoms with Gasteiger partial charge in [0, 0.05) is 35.2 Å². The topological polar surface area (TPSA) is 100 Å². The van der Waals surface area contributed by atoms with Crippen LogP contribution in [0.3, 0.4) is 0 Å². The number of benzene rings is 2. The van der Waals surface area contributed by atoms with Crippen LogP contribution in [0.4, 0.5) is 21.5 Å². The number of aromatic nitrogens is 1. The highest BCUT2D eigenvalue weighted by Crippen LogP contribution is 2.39. The van der Waals surface area contributed by atoms with E-state index in [1.807, 2.05) is 17.5 Å². The minimum Gasteiger partial charge on any atom is -0.372 e. The second-order valence-corrected chi connectivity index (χ2v) is 11.9. The molecule has 1 fully saturated rings. The van der Waals surface area contributed by atoms with Crippen LogP contribution in [0.15, 0.2) is 59.9 Å². The monoisotopic (exact) mass is 628 g/mol. The molecule has 2 aromatic heterocycles. The molecule has 0 amide bonds. The highest BCUT2D eigenvalue weighted by atomic mass is 35.5. The average molecular weight is 630 g/mol. The van der Waals surface area contributed by atoms with Crippen molar-refractivity contribution in [1.29, 1.82) is 5.26 Å². The predicted octanol–water partition coefficient (Wildman–Crippen LogP) is 7.08. The van der Waals surface area contributed by atoms with E-state index in [0.717, 1.165) is 36.5 Å². The zero-order chi connectivity index (χ0) is 28.5. The third kappa shape index (κ3) is 5.75. The first kappa shape index (κ1) is 27.8. The molecule has 0 spiro atoms. The van der Waals surface area contributed by atoms with Crippen molar-refractivity contribution >= 4 is 74.1 Å². The number of fused-ring (bicyclic) bond motifs is 1. The number of hydrogen-bond donors (Lipinski definition) is 5. The molecule has 13 heteroatoms. The van der Waals surface area contributed by atoms with Crippen LogP contribution >= 0.6 is 46.1 Å². The molecule has 0 bridgehead atoms. The molecule has 0 aliphatic carbocycles. The Morgan fingerprint density at radius 1 is 1.07 bits per heavy atom.